The second kappa shape index (κ2) is 5.92. The Kier molecular flexibility index (Phi) is 4.83. The quantitative estimate of drug-likeness (QED) is 0.670. The Morgan fingerprint density at radius 3 is 2.71 bits per heavy atom. The molecule has 1 aromatic rings. The average Bonchev–Trinajstić information content (AvgIpc) is 2.22. The van der Waals surface area contributed by atoms with Crippen LogP contribution in [0.3, 0.4) is 0 Å². The number of likely N-dealkylation sites (N-methyl/N-ethyl adjacent to an activating group) is 1. The van der Waals surface area contributed by atoms with Gasteiger partial charge in [-0.25, -0.2) is 4.39 Å². The first kappa shape index (κ1) is 13.9. The van der Waals surface area contributed by atoms with Crippen molar-refractivity contribution in [3.8, 4) is 0 Å². The third kappa shape index (κ3) is 3.94. The summed E-state index contributed by atoms with van der Waals surface area (Å²) in [6.07, 6.45) is 0. The second-order valence-corrected chi connectivity index (χ2v) is 4.62. The maximum atomic E-state index is 13.3. The lowest BCUT2D eigenvalue weighted by Crippen LogP contribution is -2.21. The highest BCUT2D eigenvalue weighted by Gasteiger charge is 2.17. The lowest BCUT2D eigenvalue weighted by atomic mass is 10.2. The number of nitrogens with zero attached hydrogens (tertiary/aromatic N) is 2. The van der Waals surface area contributed by atoms with E-state index < -0.39 is 10.7 Å². The number of benzene rings is 1. The fourth-order valence-corrected chi connectivity index (χ4v) is 1.57. The molecule has 5 nitrogen and oxygen atoms in total. The first-order valence-corrected chi connectivity index (χ1v) is 5.73. The van der Waals surface area contributed by atoms with E-state index in [1.807, 2.05) is 19.0 Å². The van der Waals surface area contributed by atoms with Gasteiger partial charge in [0.1, 0.15) is 11.5 Å². The first-order chi connectivity index (χ1) is 7.91. The molecule has 0 aromatic heterocycles. The molecular formula is C10H13BrFN3O2. The van der Waals surface area contributed by atoms with Crippen molar-refractivity contribution in [3.63, 3.8) is 0 Å². The van der Waals surface area contributed by atoms with Crippen molar-refractivity contribution in [2.24, 2.45) is 0 Å². The van der Waals surface area contributed by atoms with E-state index in [2.05, 4.69) is 21.2 Å². The van der Waals surface area contributed by atoms with Crippen molar-refractivity contribution in [1.82, 2.24) is 4.90 Å². The summed E-state index contributed by atoms with van der Waals surface area (Å²) in [6.45, 7) is 1.21. The number of nitro benzene ring substituents is 1. The van der Waals surface area contributed by atoms with Crippen molar-refractivity contribution >= 4 is 27.3 Å². The fraction of sp³-hybridized carbons (Fsp3) is 0.400. The van der Waals surface area contributed by atoms with E-state index in [-0.39, 0.29) is 15.8 Å². The van der Waals surface area contributed by atoms with Crippen LogP contribution in [0.5, 0.6) is 0 Å². The molecule has 0 fully saturated rings. The summed E-state index contributed by atoms with van der Waals surface area (Å²) in [4.78, 5) is 12.2. The molecule has 94 valence electrons. The first-order valence-electron chi connectivity index (χ1n) is 4.94. The van der Waals surface area contributed by atoms with E-state index in [1.165, 1.54) is 0 Å². The largest absolute Gasteiger partial charge is 0.378 e. The van der Waals surface area contributed by atoms with E-state index in [9.17, 15) is 14.5 Å². The molecule has 0 bridgehead atoms. The molecule has 0 spiro atoms. The van der Waals surface area contributed by atoms with Gasteiger partial charge in [0.15, 0.2) is 0 Å². The van der Waals surface area contributed by atoms with Gasteiger partial charge in [-0.3, -0.25) is 10.1 Å². The summed E-state index contributed by atoms with van der Waals surface area (Å²) in [6, 6.07) is 2.28. The minimum Gasteiger partial charge on any atom is -0.378 e. The Balaban J connectivity index is 2.89. The average molecular weight is 306 g/mol. The molecular weight excluding hydrogens is 293 g/mol. The Hall–Kier alpha value is -1.21. The van der Waals surface area contributed by atoms with E-state index in [0.29, 0.717) is 13.1 Å². The molecule has 0 saturated carbocycles. The third-order valence-electron chi connectivity index (χ3n) is 2.11. The molecule has 0 radical (unpaired) electrons. The van der Waals surface area contributed by atoms with Crippen molar-refractivity contribution in [2.75, 3.05) is 32.5 Å². The number of hydrogen-bond acceptors (Lipinski definition) is 4. The van der Waals surface area contributed by atoms with Crippen molar-refractivity contribution < 1.29 is 9.31 Å². The van der Waals surface area contributed by atoms with Crippen LogP contribution in [0.2, 0.25) is 0 Å². The normalized spacial score (nSPS) is 10.6. The molecule has 17 heavy (non-hydrogen) atoms. The van der Waals surface area contributed by atoms with Crippen LogP contribution in [0.15, 0.2) is 16.6 Å². The molecule has 0 saturated heterocycles. The smallest absolute Gasteiger partial charge is 0.293 e. The summed E-state index contributed by atoms with van der Waals surface area (Å²) in [5.41, 5.74) is 0.0505. The summed E-state index contributed by atoms with van der Waals surface area (Å²) in [5.74, 6) is -0.525. The van der Waals surface area contributed by atoms with Gasteiger partial charge in [-0.1, -0.05) is 0 Å². The maximum Gasteiger partial charge on any atom is 0.293 e. The second-order valence-electron chi connectivity index (χ2n) is 3.77. The SMILES string of the molecule is CN(C)CCNc1cc(F)c(Br)cc1[N+](=O)[O-]. The zero-order chi connectivity index (χ0) is 13.0. The summed E-state index contributed by atoms with van der Waals surface area (Å²) in [5, 5.41) is 13.6. The third-order valence-corrected chi connectivity index (χ3v) is 2.72. The van der Waals surface area contributed by atoms with Crippen molar-refractivity contribution in [3.05, 3.63) is 32.5 Å². The van der Waals surface area contributed by atoms with Gasteiger partial charge in [-0.2, -0.15) is 0 Å². The molecule has 0 aliphatic carbocycles. The van der Waals surface area contributed by atoms with Gasteiger partial charge in [-0.15, -0.1) is 0 Å². The van der Waals surface area contributed by atoms with E-state index >= 15 is 0 Å². The number of nitrogens with one attached hydrogen (secondary N) is 1. The van der Waals surface area contributed by atoms with Gasteiger partial charge in [-0.05, 0) is 30.0 Å². The van der Waals surface area contributed by atoms with Crippen molar-refractivity contribution in [1.29, 1.82) is 0 Å². The van der Waals surface area contributed by atoms with Crippen LogP contribution in [0.25, 0.3) is 0 Å². The molecule has 1 N–H and O–H groups in total. The molecule has 0 atom stereocenters. The highest BCUT2D eigenvalue weighted by Crippen LogP contribution is 2.30. The van der Waals surface area contributed by atoms with Crippen LogP contribution in [0.1, 0.15) is 0 Å². The van der Waals surface area contributed by atoms with Crippen molar-refractivity contribution in [2.45, 2.75) is 0 Å². The van der Waals surface area contributed by atoms with Crippen LogP contribution in [0, 0.1) is 15.9 Å². The Morgan fingerprint density at radius 2 is 2.18 bits per heavy atom. The Bertz CT molecular complexity index is 426. The van der Waals surface area contributed by atoms with Gasteiger partial charge >= 0.3 is 0 Å². The lowest BCUT2D eigenvalue weighted by Gasteiger charge is -2.11. The summed E-state index contributed by atoms with van der Waals surface area (Å²) in [7, 11) is 3.77. The number of nitro groups is 1. The van der Waals surface area contributed by atoms with Gasteiger partial charge in [0.25, 0.3) is 5.69 Å². The molecule has 1 aromatic carbocycles. The molecule has 0 aliphatic rings. The number of halogens is 2. The standard InChI is InChI=1S/C10H13BrFN3O2/c1-14(2)4-3-13-9-6-8(12)7(11)5-10(9)15(16)17/h5-6,13H,3-4H2,1-2H3. The molecule has 7 heteroatoms. The van der Waals surface area contributed by atoms with E-state index in [0.717, 1.165) is 12.1 Å². The van der Waals surface area contributed by atoms with Gasteiger partial charge in [0, 0.05) is 25.2 Å². The minimum absolute atomic E-state index is 0.0855. The zero-order valence-electron chi connectivity index (χ0n) is 9.54. The monoisotopic (exact) mass is 305 g/mol. The van der Waals surface area contributed by atoms with Crippen LogP contribution in [-0.4, -0.2) is 37.0 Å². The number of rotatable bonds is 5. The number of hydrogen-bond donors (Lipinski definition) is 1. The molecule has 0 unspecified atom stereocenters. The van der Waals surface area contributed by atoms with Crippen LogP contribution >= 0.6 is 15.9 Å². The van der Waals surface area contributed by atoms with Crippen LogP contribution < -0.4 is 5.32 Å². The van der Waals surface area contributed by atoms with Gasteiger partial charge < -0.3 is 10.2 Å². The Morgan fingerprint density at radius 1 is 1.53 bits per heavy atom. The van der Waals surface area contributed by atoms with E-state index in [4.69, 9.17) is 0 Å². The summed E-state index contributed by atoms with van der Waals surface area (Å²) >= 11 is 2.92. The van der Waals surface area contributed by atoms with Gasteiger partial charge in [0.2, 0.25) is 0 Å². The maximum absolute atomic E-state index is 13.3. The topological polar surface area (TPSA) is 58.4 Å². The molecule has 1 rings (SSSR count). The molecule has 0 amide bonds. The highest BCUT2D eigenvalue weighted by atomic mass is 79.9. The Labute approximate surface area is 107 Å². The van der Waals surface area contributed by atoms with Gasteiger partial charge in [0.05, 0.1) is 9.40 Å². The zero-order valence-corrected chi connectivity index (χ0v) is 11.1. The lowest BCUT2D eigenvalue weighted by molar-refractivity contribution is -0.384. The predicted molar refractivity (Wildman–Crippen MR) is 67.8 cm³/mol. The number of anilines is 1. The fourth-order valence-electron chi connectivity index (χ4n) is 1.24. The summed E-state index contributed by atoms with van der Waals surface area (Å²) < 4.78 is 13.4. The highest BCUT2D eigenvalue weighted by molar-refractivity contribution is 9.10. The molecule has 0 aliphatic heterocycles. The van der Waals surface area contributed by atoms with Crippen LogP contribution in [-0.2, 0) is 0 Å². The molecule has 0 heterocycles. The van der Waals surface area contributed by atoms with E-state index in [1.54, 1.807) is 0 Å². The minimum atomic E-state index is -0.539. The van der Waals surface area contributed by atoms with Crippen LogP contribution in [0.4, 0.5) is 15.8 Å². The predicted octanol–water partition coefficient (Wildman–Crippen LogP) is 2.47.